The molecule has 0 unspecified atom stereocenters. The van der Waals surface area contributed by atoms with Gasteiger partial charge in [-0.05, 0) is 86.8 Å². The van der Waals surface area contributed by atoms with Crippen LogP contribution in [0.15, 0.2) is 72.8 Å². The van der Waals surface area contributed by atoms with Gasteiger partial charge in [0.25, 0.3) is 0 Å². The standard InChI is InChI=1S/C28H32N4O5/c1-19-8-10-22(11-9-19)30-26(33)25(7-2-3-16-29)32-28(36)31-23-12-14-24(15-13-23)37-18-20-5-4-6-21(17-20)27(34)35/h4-6,8-15,17,25H,2-3,7,16,18,29H2,1H3,(H,30,33)(H,34,35)(H2,31,32,36)/t25-/m0/s1. The van der Waals surface area contributed by atoms with Gasteiger partial charge in [-0.3, -0.25) is 4.79 Å². The van der Waals surface area contributed by atoms with Crippen molar-refractivity contribution >= 4 is 29.3 Å². The molecular formula is C28H32N4O5. The van der Waals surface area contributed by atoms with Crippen LogP contribution < -0.4 is 26.4 Å². The highest BCUT2D eigenvalue weighted by molar-refractivity contribution is 5.99. The Morgan fingerprint density at radius 3 is 2.27 bits per heavy atom. The molecule has 3 aromatic rings. The van der Waals surface area contributed by atoms with E-state index in [0.717, 1.165) is 17.5 Å². The number of unbranched alkanes of at least 4 members (excludes halogenated alkanes) is 1. The molecule has 0 bridgehead atoms. The molecule has 6 N–H and O–H groups in total. The molecule has 3 rings (SSSR count). The average Bonchev–Trinajstić information content (AvgIpc) is 2.89. The lowest BCUT2D eigenvalue weighted by molar-refractivity contribution is -0.118. The zero-order valence-electron chi connectivity index (χ0n) is 20.7. The third-order valence-corrected chi connectivity index (χ3v) is 5.58. The summed E-state index contributed by atoms with van der Waals surface area (Å²) in [6.07, 6.45) is 1.90. The number of hydrogen-bond acceptors (Lipinski definition) is 5. The second-order valence-electron chi connectivity index (χ2n) is 8.61. The monoisotopic (exact) mass is 504 g/mol. The van der Waals surface area contributed by atoms with Crippen molar-refractivity contribution < 1.29 is 24.2 Å². The van der Waals surface area contributed by atoms with Crippen LogP contribution in [0.3, 0.4) is 0 Å². The Morgan fingerprint density at radius 1 is 0.919 bits per heavy atom. The second kappa shape index (κ2) is 13.6. The summed E-state index contributed by atoms with van der Waals surface area (Å²) in [5.74, 6) is -0.736. The minimum absolute atomic E-state index is 0.195. The van der Waals surface area contributed by atoms with Crippen molar-refractivity contribution in [3.8, 4) is 5.75 Å². The van der Waals surface area contributed by atoms with Gasteiger partial charge in [0.15, 0.2) is 0 Å². The molecule has 0 fully saturated rings. The zero-order valence-corrected chi connectivity index (χ0v) is 20.7. The summed E-state index contributed by atoms with van der Waals surface area (Å²) in [6.45, 7) is 2.68. The molecule has 9 nitrogen and oxygen atoms in total. The number of urea groups is 1. The Bertz CT molecular complexity index is 1200. The second-order valence-corrected chi connectivity index (χ2v) is 8.61. The van der Waals surface area contributed by atoms with E-state index in [0.29, 0.717) is 36.5 Å². The number of carbonyl (C=O) groups excluding carboxylic acids is 2. The molecule has 0 spiro atoms. The fraction of sp³-hybridized carbons (Fsp3) is 0.250. The normalized spacial score (nSPS) is 11.3. The molecule has 1 atom stereocenters. The van der Waals surface area contributed by atoms with Gasteiger partial charge in [-0.15, -0.1) is 0 Å². The summed E-state index contributed by atoms with van der Waals surface area (Å²) in [5, 5.41) is 17.4. The van der Waals surface area contributed by atoms with Crippen molar-refractivity contribution in [3.05, 3.63) is 89.5 Å². The van der Waals surface area contributed by atoms with Crippen LogP contribution in [-0.4, -0.2) is 35.6 Å². The van der Waals surface area contributed by atoms with Gasteiger partial charge >= 0.3 is 12.0 Å². The predicted molar refractivity (Wildman–Crippen MR) is 143 cm³/mol. The number of nitrogens with two attached hydrogens (primary N) is 1. The molecule has 3 amide bonds. The predicted octanol–water partition coefficient (Wildman–Crippen LogP) is 4.53. The van der Waals surface area contributed by atoms with E-state index in [9.17, 15) is 14.4 Å². The maximum Gasteiger partial charge on any atom is 0.335 e. The van der Waals surface area contributed by atoms with E-state index >= 15 is 0 Å². The van der Waals surface area contributed by atoms with Crippen molar-refractivity contribution in [2.24, 2.45) is 5.73 Å². The van der Waals surface area contributed by atoms with E-state index < -0.39 is 18.0 Å². The number of carboxylic acid groups (broad SMARTS) is 1. The van der Waals surface area contributed by atoms with E-state index in [1.54, 1.807) is 42.5 Å². The Balaban J connectivity index is 1.54. The van der Waals surface area contributed by atoms with Gasteiger partial charge in [-0.1, -0.05) is 29.8 Å². The third-order valence-electron chi connectivity index (χ3n) is 5.58. The van der Waals surface area contributed by atoms with Crippen LogP contribution in [0, 0.1) is 6.92 Å². The Labute approximate surface area is 216 Å². The fourth-order valence-corrected chi connectivity index (χ4v) is 3.55. The lowest BCUT2D eigenvalue weighted by Crippen LogP contribution is -2.45. The molecular weight excluding hydrogens is 472 g/mol. The van der Waals surface area contributed by atoms with Gasteiger partial charge in [0, 0.05) is 11.4 Å². The van der Waals surface area contributed by atoms with Crippen LogP contribution in [0.1, 0.15) is 40.7 Å². The Morgan fingerprint density at radius 2 is 1.59 bits per heavy atom. The van der Waals surface area contributed by atoms with E-state index in [2.05, 4.69) is 16.0 Å². The highest BCUT2D eigenvalue weighted by Crippen LogP contribution is 2.18. The number of ether oxygens (including phenoxy) is 1. The molecule has 0 saturated heterocycles. The van der Waals surface area contributed by atoms with Crippen LogP contribution in [0.25, 0.3) is 0 Å². The Hall–Kier alpha value is -4.37. The minimum Gasteiger partial charge on any atom is -0.489 e. The smallest absolute Gasteiger partial charge is 0.335 e. The van der Waals surface area contributed by atoms with E-state index in [1.165, 1.54) is 6.07 Å². The highest BCUT2D eigenvalue weighted by atomic mass is 16.5. The maximum absolute atomic E-state index is 12.8. The van der Waals surface area contributed by atoms with Gasteiger partial charge in [-0.2, -0.15) is 0 Å². The van der Waals surface area contributed by atoms with E-state index in [-0.39, 0.29) is 18.1 Å². The molecule has 0 radical (unpaired) electrons. The van der Waals surface area contributed by atoms with Crippen molar-refractivity contribution in [1.29, 1.82) is 0 Å². The summed E-state index contributed by atoms with van der Waals surface area (Å²) in [5.41, 5.74) is 8.77. The molecule has 0 aliphatic heterocycles. The number of carbonyl (C=O) groups is 3. The number of hydrogen-bond donors (Lipinski definition) is 5. The summed E-state index contributed by atoms with van der Waals surface area (Å²) >= 11 is 0. The SMILES string of the molecule is Cc1ccc(NC(=O)[C@H](CCCCN)NC(=O)Nc2ccc(OCc3cccc(C(=O)O)c3)cc2)cc1. The first-order valence-electron chi connectivity index (χ1n) is 12.0. The molecule has 0 saturated carbocycles. The summed E-state index contributed by atoms with van der Waals surface area (Å²) in [7, 11) is 0. The first-order valence-corrected chi connectivity index (χ1v) is 12.0. The maximum atomic E-state index is 12.8. The number of anilines is 2. The number of rotatable bonds is 12. The van der Waals surface area contributed by atoms with Gasteiger partial charge in [0.1, 0.15) is 18.4 Å². The van der Waals surface area contributed by atoms with Crippen molar-refractivity contribution in [3.63, 3.8) is 0 Å². The van der Waals surface area contributed by atoms with Crippen molar-refractivity contribution in [2.75, 3.05) is 17.2 Å². The first kappa shape index (κ1) is 27.2. The number of amides is 3. The number of carboxylic acids is 1. The molecule has 0 aliphatic rings. The van der Waals surface area contributed by atoms with Crippen LogP contribution in [0.4, 0.5) is 16.2 Å². The van der Waals surface area contributed by atoms with Crippen LogP contribution in [0.5, 0.6) is 5.75 Å². The molecule has 194 valence electrons. The third kappa shape index (κ3) is 8.97. The minimum atomic E-state index is -0.996. The molecule has 9 heteroatoms. The van der Waals surface area contributed by atoms with Gasteiger partial charge < -0.3 is 31.5 Å². The molecule has 37 heavy (non-hydrogen) atoms. The van der Waals surface area contributed by atoms with Crippen LogP contribution in [-0.2, 0) is 11.4 Å². The molecule has 0 heterocycles. The van der Waals surface area contributed by atoms with E-state index in [1.807, 2.05) is 31.2 Å². The average molecular weight is 505 g/mol. The zero-order chi connectivity index (χ0) is 26.6. The molecule has 0 aromatic heterocycles. The summed E-state index contributed by atoms with van der Waals surface area (Å²) < 4.78 is 5.72. The fourth-order valence-electron chi connectivity index (χ4n) is 3.55. The van der Waals surface area contributed by atoms with Crippen molar-refractivity contribution in [1.82, 2.24) is 5.32 Å². The quantitative estimate of drug-likeness (QED) is 0.229. The number of benzene rings is 3. The van der Waals surface area contributed by atoms with Gasteiger partial charge in [-0.25, -0.2) is 9.59 Å². The summed E-state index contributed by atoms with van der Waals surface area (Å²) in [4.78, 5) is 36.6. The van der Waals surface area contributed by atoms with E-state index in [4.69, 9.17) is 15.6 Å². The molecule has 3 aromatic carbocycles. The molecule has 0 aliphatic carbocycles. The summed E-state index contributed by atoms with van der Waals surface area (Å²) in [6, 6.07) is 19.5. The lowest BCUT2D eigenvalue weighted by Gasteiger charge is -2.19. The lowest BCUT2D eigenvalue weighted by atomic mass is 10.1. The topological polar surface area (TPSA) is 143 Å². The van der Waals surface area contributed by atoms with Crippen LogP contribution >= 0.6 is 0 Å². The highest BCUT2D eigenvalue weighted by Gasteiger charge is 2.20. The number of aromatic carboxylic acids is 1. The van der Waals surface area contributed by atoms with Crippen LogP contribution in [0.2, 0.25) is 0 Å². The van der Waals surface area contributed by atoms with Gasteiger partial charge in [0.05, 0.1) is 5.56 Å². The number of nitrogens with one attached hydrogen (secondary N) is 3. The van der Waals surface area contributed by atoms with Crippen molar-refractivity contribution in [2.45, 2.75) is 38.8 Å². The Kier molecular flexibility index (Phi) is 10.0. The first-order chi connectivity index (χ1) is 17.8. The largest absolute Gasteiger partial charge is 0.489 e. The number of aryl methyl sites for hydroxylation is 1. The van der Waals surface area contributed by atoms with Gasteiger partial charge in [0.2, 0.25) is 5.91 Å².